The quantitative estimate of drug-likeness (QED) is 0.348. The summed E-state index contributed by atoms with van der Waals surface area (Å²) >= 11 is 6.08. The van der Waals surface area contributed by atoms with Crippen LogP contribution in [0.15, 0.2) is 34.7 Å². The lowest BCUT2D eigenvalue weighted by atomic mass is 10.1. The van der Waals surface area contributed by atoms with Crippen molar-refractivity contribution >= 4 is 45.1 Å². The van der Waals surface area contributed by atoms with Crippen LogP contribution in [0.5, 0.6) is 11.8 Å². The highest BCUT2D eigenvalue weighted by Gasteiger charge is 2.21. The zero-order valence-corrected chi connectivity index (χ0v) is 18.4. The van der Waals surface area contributed by atoms with Crippen molar-refractivity contribution in [2.75, 3.05) is 18.5 Å². The molecule has 3 heterocycles. The van der Waals surface area contributed by atoms with Gasteiger partial charge in [0, 0.05) is 30.7 Å². The minimum Gasteiger partial charge on any atom is -0.449 e. The number of benzene rings is 1. The fourth-order valence-electron chi connectivity index (χ4n) is 3.29. The van der Waals surface area contributed by atoms with Crippen molar-refractivity contribution in [3.05, 3.63) is 47.1 Å². The van der Waals surface area contributed by atoms with Crippen molar-refractivity contribution in [3.63, 3.8) is 0 Å². The number of nitrogens with zero attached hydrogens (tertiary/aromatic N) is 3. The Morgan fingerprint density at radius 3 is 2.75 bits per heavy atom. The number of halogens is 1. The molecule has 9 nitrogen and oxygen atoms in total. The van der Waals surface area contributed by atoms with Gasteiger partial charge in [-0.15, -0.1) is 0 Å². The number of carbonyl (C=O) groups is 1. The Bertz CT molecular complexity index is 1290. The first-order valence-corrected chi connectivity index (χ1v) is 10.6. The molecule has 0 aliphatic carbocycles. The molecule has 0 atom stereocenters. The average molecular weight is 456 g/mol. The number of amides is 1. The van der Waals surface area contributed by atoms with Gasteiger partial charge in [-0.3, -0.25) is 4.79 Å². The molecule has 3 N–H and O–H groups in total. The van der Waals surface area contributed by atoms with Gasteiger partial charge in [-0.05, 0) is 31.5 Å². The number of fused-ring (bicyclic) bond motifs is 3. The van der Waals surface area contributed by atoms with E-state index < -0.39 is 5.91 Å². The number of primary amides is 1. The number of rotatable bonds is 9. The minimum atomic E-state index is -0.635. The molecule has 0 fully saturated rings. The Balaban J connectivity index is 1.73. The highest BCUT2D eigenvalue weighted by molar-refractivity contribution is 6.29. The molecule has 0 unspecified atom stereocenters. The zero-order valence-electron chi connectivity index (χ0n) is 17.6. The molecule has 0 spiro atoms. The van der Waals surface area contributed by atoms with Crippen LogP contribution >= 0.6 is 11.6 Å². The van der Waals surface area contributed by atoms with Crippen LogP contribution in [-0.4, -0.2) is 34.0 Å². The highest BCUT2D eigenvalue weighted by atomic mass is 35.5. The second-order valence-corrected chi connectivity index (χ2v) is 7.32. The van der Waals surface area contributed by atoms with Crippen LogP contribution in [0.1, 0.15) is 36.6 Å². The van der Waals surface area contributed by atoms with Crippen LogP contribution in [0.25, 0.3) is 21.9 Å². The second-order valence-electron chi connectivity index (χ2n) is 6.94. The van der Waals surface area contributed by atoms with Gasteiger partial charge in [-0.25, -0.2) is 9.97 Å². The smallest absolute Gasteiger partial charge is 0.286 e. The maximum absolute atomic E-state index is 11.9. The molecular formula is C22H22ClN5O4. The molecule has 1 amide bonds. The topological polar surface area (TPSA) is 125 Å². The summed E-state index contributed by atoms with van der Waals surface area (Å²) in [6.07, 6.45) is 0.874. The Morgan fingerprint density at radius 1 is 1.16 bits per heavy atom. The first-order valence-electron chi connectivity index (χ1n) is 10.2. The van der Waals surface area contributed by atoms with Crippen molar-refractivity contribution < 1.29 is 18.7 Å². The monoisotopic (exact) mass is 455 g/mol. The van der Waals surface area contributed by atoms with Crippen LogP contribution in [0.3, 0.4) is 0 Å². The molecule has 166 valence electrons. The predicted octanol–water partition coefficient (Wildman–Crippen LogP) is 4.67. The third-order valence-electron chi connectivity index (χ3n) is 4.63. The maximum Gasteiger partial charge on any atom is 0.286 e. The standard InChI is InChI=1S/C22H22ClN5O4/c1-3-9-25-20-19-12-5-8-17(26-13(12)6-7-14(19)31-21(20)22(24)29)32-18-10-15(23)27-16(28-18)11-30-4-2/h5-8,10,25H,3-4,9,11H2,1-2H3,(H2,24,29). The van der Waals surface area contributed by atoms with Gasteiger partial charge in [0.1, 0.15) is 17.3 Å². The summed E-state index contributed by atoms with van der Waals surface area (Å²) in [5.41, 5.74) is 7.29. The van der Waals surface area contributed by atoms with E-state index in [0.29, 0.717) is 41.6 Å². The van der Waals surface area contributed by atoms with E-state index in [2.05, 4.69) is 20.3 Å². The summed E-state index contributed by atoms with van der Waals surface area (Å²) in [6, 6.07) is 8.60. The molecule has 10 heteroatoms. The molecule has 4 rings (SSSR count). The summed E-state index contributed by atoms with van der Waals surface area (Å²) in [5.74, 6) is 0.469. The average Bonchev–Trinajstić information content (AvgIpc) is 3.15. The van der Waals surface area contributed by atoms with E-state index in [9.17, 15) is 4.79 Å². The molecular weight excluding hydrogens is 434 g/mol. The number of nitrogens with one attached hydrogen (secondary N) is 1. The van der Waals surface area contributed by atoms with E-state index in [0.717, 1.165) is 17.2 Å². The number of nitrogens with two attached hydrogens (primary N) is 1. The summed E-state index contributed by atoms with van der Waals surface area (Å²) in [5, 5.41) is 5.03. The molecule has 0 aliphatic rings. The lowest BCUT2D eigenvalue weighted by Crippen LogP contribution is -2.13. The van der Waals surface area contributed by atoms with E-state index in [-0.39, 0.29) is 23.4 Å². The van der Waals surface area contributed by atoms with Gasteiger partial charge in [0.2, 0.25) is 17.5 Å². The molecule has 0 saturated heterocycles. The zero-order chi connectivity index (χ0) is 22.7. The summed E-state index contributed by atoms with van der Waals surface area (Å²) < 4.78 is 16.9. The molecule has 0 saturated carbocycles. The molecule has 0 aliphatic heterocycles. The first kappa shape index (κ1) is 21.8. The number of furan rings is 1. The highest BCUT2D eigenvalue weighted by Crippen LogP contribution is 2.37. The van der Waals surface area contributed by atoms with Gasteiger partial charge in [-0.2, -0.15) is 4.98 Å². The minimum absolute atomic E-state index is 0.0960. The van der Waals surface area contributed by atoms with Gasteiger partial charge in [-0.1, -0.05) is 18.5 Å². The number of aromatic nitrogens is 3. The van der Waals surface area contributed by atoms with Crippen LogP contribution in [0.2, 0.25) is 5.15 Å². The van der Waals surface area contributed by atoms with Crippen LogP contribution in [-0.2, 0) is 11.3 Å². The Morgan fingerprint density at radius 2 is 2.00 bits per heavy atom. The molecule has 4 aromatic rings. The van der Waals surface area contributed by atoms with Crippen LogP contribution < -0.4 is 15.8 Å². The number of carbonyl (C=O) groups excluding carboxylic acids is 1. The second kappa shape index (κ2) is 9.37. The van der Waals surface area contributed by atoms with E-state index in [1.165, 1.54) is 6.07 Å². The van der Waals surface area contributed by atoms with Gasteiger partial charge in [0.15, 0.2) is 5.82 Å². The van der Waals surface area contributed by atoms with Gasteiger partial charge >= 0.3 is 0 Å². The lowest BCUT2D eigenvalue weighted by molar-refractivity contribution is 0.0977. The largest absolute Gasteiger partial charge is 0.449 e. The predicted molar refractivity (Wildman–Crippen MR) is 121 cm³/mol. The van der Waals surface area contributed by atoms with E-state index >= 15 is 0 Å². The van der Waals surface area contributed by atoms with Crippen molar-refractivity contribution in [1.29, 1.82) is 0 Å². The first-order chi connectivity index (χ1) is 15.5. The fourth-order valence-corrected chi connectivity index (χ4v) is 3.48. The number of pyridine rings is 1. The summed E-state index contributed by atoms with van der Waals surface area (Å²) in [4.78, 5) is 24.9. The SMILES string of the molecule is CCCNc1c(C(N)=O)oc2ccc3nc(Oc4cc(Cl)nc(COCC)n4)ccc3c12. The third-order valence-corrected chi connectivity index (χ3v) is 4.83. The number of anilines is 1. The third kappa shape index (κ3) is 4.44. The maximum atomic E-state index is 11.9. The molecule has 3 aromatic heterocycles. The number of hydrogen-bond acceptors (Lipinski definition) is 8. The van der Waals surface area contributed by atoms with Crippen molar-refractivity contribution in [1.82, 2.24) is 15.0 Å². The fraction of sp³-hybridized carbons (Fsp3) is 0.273. The van der Waals surface area contributed by atoms with E-state index in [1.807, 2.05) is 19.9 Å². The van der Waals surface area contributed by atoms with E-state index in [1.54, 1.807) is 18.2 Å². The lowest BCUT2D eigenvalue weighted by Gasteiger charge is -2.09. The van der Waals surface area contributed by atoms with Crippen molar-refractivity contribution in [2.45, 2.75) is 26.9 Å². The molecule has 32 heavy (non-hydrogen) atoms. The number of hydrogen-bond donors (Lipinski definition) is 2. The molecule has 0 radical (unpaired) electrons. The van der Waals surface area contributed by atoms with Crippen LogP contribution in [0.4, 0.5) is 5.69 Å². The number of ether oxygens (including phenoxy) is 2. The van der Waals surface area contributed by atoms with E-state index in [4.69, 9.17) is 31.2 Å². The van der Waals surface area contributed by atoms with Crippen LogP contribution in [0, 0.1) is 0 Å². The van der Waals surface area contributed by atoms with Gasteiger partial charge in [0.25, 0.3) is 5.91 Å². The Hall–Kier alpha value is -3.43. The van der Waals surface area contributed by atoms with Crippen molar-refractivity contribution in [3.8, 4) is 11.8 Å². The van der Waals surface area contributed by atoms with Crippen molar-refractivity contribution in [2.24, 2.45) is 5.73 Å². The van der Waals surface area contributed by atoms with Gasteiger partial charge in [0.05, 0.1) is 16.6 Å². The normalized spacial score (nSPS) is 11.2. The van der Waals surface area contributed by atoms with Gasteiger partial charge < -0.3 is 24.9 Å². The Labute approximate surface area is 188 Å². The molecule has 0 bridgehead atoms. The molecule has 1 aromatic carbocycles. The summed E-state index contributed by atoms with van der Waals surface area (Å²) in [7, 11) is 0. The summed E-state index contributed by atoms with van der Waals surface area (Å²) in [6.45, 7) is 5.34. The Kier molecular flexibility index (Phi) is 6.38.